The van der Waals surface area contributed by atoms with Gasteiger partial charge in [0.05, 0.1) is 16.6 Å². The monoisotopic (exact) mass is 548 g/mol. The first kappa shape index (κ1) is 26.2. The van der Waals surface area contributed by atoms with Crippen molar-refractivity contribution in [1.29, 1.82) is 0 Å². The van der Waals surface area contributed by atoms with Crippen LogP contribution in [0.3, 0.4) is 0 Å². The first-order chi connectivity index (χ1) is 17.3. The summed E-state index contributed by atoms with van der Waals surface area (Å²) >= 11 is 12.0. The van der Waals surface area contributed by atoms with Crippen LogP contribution in [-0.2, 0) is 16.4 Å². The highest BCUT2D eigenvalue weighted by atomic mass is 35.5. The lowest BCUT2D eigenvalue weighted by Crippen LogP contribution is -2.26. The Balaban J connectivity index is 1.29. The van der Waals surface area contributed by atoms with E-state index in [0.29, 0.717) is 24.4 Å². The van der Waals surface area contributed by atoms with Gasteiger partial charge in [0, 0.05) is 40.9 Å². The van der Waals surface area contributed by atoms with Gasteiger partial charge in [0.1, 0.15) is 17.3 Å². The Labute approximate surface area is 219 Å². The smallest absolute Gasteiger partial charge is 0.263 e. The Morgan fingerprint density at radius 1 is 1.11 bits per heavy atom. The van der Waals surface area contributed by atoms with Crippen molar-refractivity contribution in [3.8, 4) is 5.75 Å². The van der Waals surface area contributed by atoms with E-state index in [9.17, 15) is 13.5 Å². The Kier molecular flexibility index (Phi) is 8.38. The van der Waals surface area contributed by atoms with Crippen molar-refractivity contribution in [2.24, 2.45) is 0 Å². The van der Waals surface area contributed by atoms with Gasteiger partial charge in [-0.3, -0.25) is 9.82 Å². The van der Waals surface area contributed by atoms with E-state index in [-0.39, 0.29) is 21.5 Å². The molecule has 0 saturated carbocycles. The zero-order valence-corrected chi connectivity index (χ0v) is 21.8. The second kappa shape index (κ2) is 11.5. The molecular formula is C25H26Cl2N4O4S. The first-order valence-corrected chi connectivity index (χ1v) is 13.6. The van der Waals surface area contributed by atoms with Gasteiger partial charge in [-0.2, -0.15) is 5.10 Å². The SMILES string of the molecule is CCc1[nH]nc2cc(OCCNCC(O)c3cccc(NS(=O)(=O)c4cc(Cl)ccc4Cl)c3)ccc12. The van der Waals surface area contributed by atoms with E-state index in [1.165, 1.54) is 18.2 Å². The van der Waals surface area contributed by atoms with Crippen molar-refractivity contribution in [3.63, 3.8) is 0 Å². The van der Waals surface area contributed by atoms with E-state index in [4.69, 9.17) is 27.9 Å². The minimum atomic E-state index is -3.96. The molecule has 0 saturated heterocycles. The van der Waals surface area contributed by atoms with E-state index in [1.807, 2.05) is 18.2 Å². The number of aryl methyl sites for hydroxylation is 1. The number of rotatable bonds is 11. The fraction of sp³-hybridized carbons (Fsp3) is 0.240. The maximum atomic E-state index is 12.8. The molecule has 0 amide bonds. The van der Waals surface area contributed by atoms with Gasteiger partial charge in [0.2, 0.25) is 0 Å². The average Bonchev–Trinajstić information content (AvgIpc) is 3.27. The fourth-order valence-corrected chi connectivity index (χ4v) is 5.52. The van der Waals surface area contributed by atoms with E-state index < -0.39 is 16.1 Å². The Morgan fingerprint density at radius 3 is 2.75 bits per heavy atom. The summed E-state index contributed by atoms with van der Waals surface area (Å²) in [4.78, 5) is -0.124. The number of halogens is 2. The van der Waals surface area contributed by atoms with Crippen LogP contribution in [0.2, 0.25) is 10.0 Å². The van der Waals surface area contributed by atoms with Crippen molar-refractivity contribution in [3.05, 3.63) is 82.0 Å². The molecule has 190 valence electrons. The molecule has 11 heteroatoms. The van der Waals surface area contributed by atoms with Crippen molar-refractivity contribution >= 4 is 49.8 Å². The lowest BCUT2D eigenvalue weighted by atomic mass is 10.1. The number of aromatic amines is 1. The van der Waals surface area contributed by atoms with Gasteiger partial charge in [-0.1, -0.05) is 42.3 Å². The largest absolute Gasteiger partial charge is 0.492 e. The maximum absolute atomic E-state index is 12.8. The predicted molar refractivity (Wildman–Crippen MR) is 143 cm³/mol. The molecule has 4 N–H and O–H groups in total. The summed E-state index contributed by atoms with van der Waals surface area (Å²) in [5.74, 6) is 0.721. The van der Waals surface area contributed by atoms with Crippen LogP contribution in [0.5, 0.6) is 5.75 Å². The number of hydrogen-bond acceptors (Lipinski definition) is 6. The normalized spacial score (nSPS) is 12.6. The molecule has 0 aliphatic heterocycles. The van der Waals surface area contributed by atoms with Gasteiger partial charge < -0.3 is 15.2 Å². The van der Waals surface area contributed by atoms with Crippen LogP contribution >= 0.6 is 23.2 Å². The zero-order valence-electron chi connectivity index (χ0n) is 19.5. The Hall–Kier alpha value is -2.82. The third-order valence-electron chi connectivity index (χ3n) is 5.55. The van der Waals surface area contributed by atoms with Gasteiger partial charge in [0.25, 0.3) is 10.0 Å². The summed E-state index contributed by atoms with van der Waals surface area (Å²) in [6.07, 6.45) is 0.0330. The summed E-state index contributed by atoms with van der Waals surface area (Å²) < 4.78 is 33.8. The van der Waals surface area contributed by atoms with Crippen LogP contribution in [0.1, 0.15) is 24.3 Å². The average molecular weight is 549 g/mol. The van der Waals surface area contributed by atoms with Gasteiger partial charge in [-0.15, -0.1) is 0 Å². The number of H-pyrrole nitrogens is 1. The molecule has 8 nitrogen and oxygen atoms in total. The third-order valence-corrected chi connectivity index (χ3v) is 7.65. The molecule has 3 aromatic carbocycles. The number of nitrogens with one attached hydrogen (secondary N) is 3. The van der Waals surface area contributed by atoms with E-state index in [0.717, 1.165) is 28.8 Å². The molecule has 0 aliphatic carbocycles. The van der Waals surface area contributed by atoms with Crippen LogP contribution in [0, 0.1) is 0 Å². The van der Waals surface area contributed by atoms with E-state index in [1.54, 1.807) is 24.3 Å². The molecule has 0 spiro atoms. The molecule has 0 bridgehead atoms. The quantitative estimate of drug-likeness (QED) is 0.197. The molecule has 0 aliphatic rings. The van der Waals surface area contributed by atoms with E-state index >= 15 is 0 Å². The summed E-state index contributed by atoms with van der Waals surface area (Å²) in [5.41, 5.74) is 2.81. The van der Waals surface area contributed by atoms with Gasteiger partial charge in [-0.25, -0.2) is 8.42 Å². The molecule has 1 aromatic heterocycles. The topological polar surface area (TPSA) is 116 Å². The Morgan fingerprint density at radius 2 is 1.94 bits per heavy atom. The molecule has 1 unspecified atom stereocenters. The predicted octanol–water partition coefficient (Wildman–Crippen LogP) is 4.93. The molecule has 4 rings (SSSR count). The molecular weight excluding hydrogens is 523 g/mol. The van der Waals surface area contributed by atoms with Crippen LogP contribution in [0.15, 0.2) is 65.6 Å². The van der Waals surface area contributed by atoms with Gasteiger partial charge in [0.15, 0.2) is 0 Å². The number of benzene rings is 3. The summed E-state index contributed by atoms with van der Waals surface area (Å²) in [6.45, 7) is 3.25. The fourth-order valence-electron chi connectivity index (χ4n) is 3.71. The van der Waals surface area contributed by atoms with Crippen LogP contribution in [0.4, 0.5) is 5.69 Å². The lowest BCUT2D eigenvalue weighted by Gasteiger charge is -2.15. The minimum Gasteiger partial charge on any atom is -0.492 e. The first-order valence-electron chi connectivity index (χ1n) is 11.3. The summed E-state index contributed by atoms with van der Waals surface area (Å²) in [5, 5.41) is 22.4. The number of sulfonamides is 1. The second-order valence-electron chi connectivity index (χ2n) is 8.11. The second-order valence-corrected chi connectivity index (χ2v) is 10.6. The van der Waals surface area contributed by atoms with Crippen LogP contribution in [0.25, 0.3) is 10.9 Å². The standard InChI is InChI=1S/C25H26Cl2N4O4S/c1-2-22-20-8-7-19(14-23(20)30-29-22)35-11-10-28-15-24(32)16-4-3-5-18(12-16)31-36(33,34)25-13-17(26)6-9-21(25)27/h3-9,12-14,24,28,31-32H,2,10-11,15H2,1H3,(H,29,30). The summed E-state index contributed by atoms with van der Waals surface area (Å²) in [7, 11) is -3.96. The maximum Gasteiger partial charge on any atom is 0.263 e. The number of nitrogens with zero attached hydrogens (tertiary/aromatic N) is 1. The van der Waals surface area contributed by atoms with Gasteiger partial charge >= 0.3 is 0 Å². The highest BCUT2D eigenvalue weighted by Crippen LogP contribution is 2.28. The minimum absolute atomic E-state index is 0.0597. The number of ether oxygens (including phenoxy) is 1. The number of aromatic nitrogens is 2. The molecule has 1 atom stereocenters. The van der Waals surface area contributed by atoms with Crippen molar-refractivity contribution < 1.29 is 18.3 Å². The molecule has 4 aromatic rings. The number of aliphatic hydroxyl groups excluding tert-OH is 1. The zero-order chi connectivity index (χ0) is 25.7. The van der Waals surface area contributed by atoms with E-state index in [2.05, 4.69) is 27.2 Å². The number of fused-ring (bicyclic) bond motifs is 1. The Bertz CT molecular complexity index is 1460. The van der Waals surface area contributed by atoms with Crippen LogP contribution in [-0.4, -0.2) is 43.4 Å². The molecule has 1 heterocycles. The van der Waals surface area contributed by atoms with Crippen LogP contribution < -0.4 is 14.8 Å². The lowest BCUT2D eigenvalue weighted by molar-refractivity contribution is 0.172. The van der Waals surface area contributed by atoms with Crippen molar-refractivity contribution in [2.75, 3.05) is 24.4 Å². The summed E-state index contributed by atoms with van der Waals surface area (Å²) in [6, 6.07) is 16.6. The number of anilines is 1. The number of aliphatic hydroxyl groups is 1. The van der Waals surface area contributed by atoms with Crippen molar-refractivity contribution in [2.45, 2.75) is 24.3 Å². The molecule has 0 fully saturated rings. The molecule has 36 heavy (non-hydrogen) atoms. The van der Waals surface area contributed by atoms with Gasteiger partial charge in [-0.05, 0) is 54.4 Å². The highest BCUT2D eigenvalue weighted by Gasteiger charge is 2.19. The highest BCUT2D eigenvalue weighted by molar-refractivity contribution is 7.92. The van der Waals surface area contributed by atoms with Crippen molar-refractivity contribution in [1.82, 2.24) is 15.5 Å². The molecule has 0 radical (unpaired) electrons. The third kappa shape index (κ3) is 6.29. The number of hydrogen-bond donors (Lipinski definition) is 4.